The Morgan fingerprint density at radius 1 is 1.31 bits per heavy atom. The molecular weight excluding hydrogens is 204 g/mol. The summed E-state index contributed by atoms with van der Waals surface area (Å²) in [5.41, 5.74) is 7.54. The van der Waals surface area contributed by atoms with Crippen molar-refractivity contribution in [2.45, 2.75) is 0 Å². The Kier molecular flexibility index (Phi) is 1.73. The van der Waals surface area contributed by atoms with Crippen LogP contribution in [0.2, 0.25) is 0 Å². The molecule has 0 aliphatic heterocycles. The molecule has 0 amide bonds. The number of fused-ring (bicyclic) bond motifs is 1. The molecule has 0 unspecified atom stereocenters. The average Bonchev–Trinajstić information content (AvgIpc) is 2.86. The predicted octanol–water partition coefficient (Wildman–Crippen LogP) is 1.81. The van der Waals surface area contributed by atoms with Crippen molar-refractivity contribution in [1.29, 1.82) is 0 Å². The monoisotopic (exact) mass is 214 g/mol. The molecule has 0 spiro atoms. The Balaban J connectivity index is 2.18. The Hall–Kier alpha value is -2.30. The molecular formula is C11H10N4O. The largest absolute Gasteiger partial charge is 0.381 e. The molecule has 2 N–H and O–H groups in total. The maximum Gasteiger partial charge on any atom is 0.169 e. The summed E-state index contributed by atoms with van der Waals surface area (Å²) in [6, 6.07) is 7.67. The second-order valence-electron chi connectivity index (χ2n) is 3.66. The Morgan fingerprint density at radius 3 is 2.94 bits per heavy atom. The van der Waals surface area contributed by atoms with E-state index < -0.39 is 0 Å². The van der Waals surface area contributed by atoms with E-state index >= 15 is 0 Å². The van der Waals surface area contributed by atoms with Crippen LogP contribution < -0.4 is 5.73 Å². The molecule has 80 valence electrons. The first kappa shape index (κ1) is 8.96. The highest BCUT2D eigenvalue weighted by Gasteiger charge is 2.06. The van der Waals surface area contributed by atoms with Crippen molar-refractivity contribution in [2.24, 2.45) is 7.05 Å². The lowest BCUT2D eigenvalue weighted by Gasteiger charge is -1.97. The highest BCUT2D eigenvalue weighted by Crippen LogP contribution is 2.25. The molecule has 0 saturated heterocycles. The number of nitrogen functional groups attached to an aromatic ring is 1. The molecule has 5 nitrogen and oxygen atoms in total. The summed E-state index contributed by atoms with van der Waals surface area (Å²) >= 11 is 0. The van der Waals surface area contributed by atoms with E-state index in [-0.39, 0.29) is 0 Å². The number of aryl methyl sites for hydroxylation is 1. The van der Waals surface area contributed by atoms with Crippen LogP contribution in [0.25, 0.3) is 22.2 Å². The quantitative estimate of drug-likeness (QED) is 0.670. The molecule has 0 fully saturated rings. The summed E-state index contributed by atoms with van der Waals surface area (Å²) in [5.74, 6) is 1.06. The normalized spacial score (nSPS) is 11.1. The third-order valence-corrected chi connectivity index (χ3v) is 2.56. The summed E-state index contributed by atoms with van der Waals surface area (Å²) in [4.78, 5) is 0. The number of nitrogens with zero attached hydrogens (tertiary/aromatic N) is 3. The first-order valence-corrected chi connectivity index (χ1v) is 4.88. The molecule has 5 heteroatoms. The molecule has 0 aliphatic rings. The predicted molar refractivity (Wildman–Crippen MR) is 60.6 cm³/mol. The van der Waals surface area contributed by atoms with Crippen LogP contribution in [0.3, 0.4) is 0 Å². The van der Waals surface area contributed by atoms with Crippen LogP contribution in [-0.4, -0.2) is 14.9 Å². The van der Waals surface area contributed by atoms with Crippen LogP contribution in [0.15, 0.2) is 35.0 Å². The zero-order valence-corrected chi connectivity index (χ0v) is 8.71. The molecule has 3 aromatic rings. The fraction of sp³-hybridized carbons (Fsp3) is 0.0909. The smallest absolute Gasteiger partial charge is 0.169 e. The van der Waals surface area contributed by atoms with Crippen LogP contribution >= 0.6 is 0 Å². The summed E-state index contributed by atoms with van der Waals surface area (Å²) in [5, 5.41) is 8.91. The van der Waals surface area contributed by atoms with E-state index in [4.69, 9.17) is 10.3 Å². The first-order chi connectivity index (χ1) is 7.74. The number of nitrogens with two attached hydrogens (primary N) is 1. The van der Waals surface area contributed by atoms with Gasteiger partial charge < -0.3 is 10.3 Å². The summed E-state index contributed by atoms with van der Waals surface area (Å²) in [6.45, 7) is 0. The SMILES string of the molecule is Cn1ncc2cc(-c3cc(N)no3)ccc21. The van der Waals surface area contributed by atoms with E-state index in [1.807, 2.05) is 36.1 Å². The number of hydrogen-bond donors (Lipinski definition) is 1. The fourth-order valence-corrected chi connectivity index (χ4v) is 1.74. The second-order valence-corrected chi connectivity index (χ2v) is 3.66. The summed E-state index contributed by atoms with van der Waals surface area (Å²) < 4.78 is 6.93. The molecule has 0 aliphatic carbocycles. The van der Waals surface area contributed by atoms with Gasteiger partial charge in [-0.2, -0.15) is 5.10 Å². The molecule has 2 aromatic heterocycles. The lowest BCUT2D eigenvalue weighted by Crippen LogP contribution is -1.87. The van der Waals surface area contributed by atoms with Gasteiger partial charge in [0.25, 0.3) is 0 Å². The molecule has 3 rings (SSSR count). The van der Waals surface area contributed by atoms with Crippen molar-refractivity contribution < 1.29 is 4.52 Å². The minimum Gasteiger partial charge on any atom is -0.381 e. The van der Waals surface area contributed by atoms with Gasteiger partial charge in [-0.15, -0.1) is 0 Å². The maximum absolute atomic E-state index is 5.51. The second kappa shape index (κ2) is 3.10. The molecule has 0 atom stereocenters. The Morgan fingerprint density at radius 2 is 2.19 bits per heavy atom. The van der Waals surface area contributed by atoms with Crippen molar-refractivity contribution in [2.75, 3.05) is 5.73 Å². The zero-order valence-electron chi connectivity index (χ0n) is 8.71. The highest BCUT2D eigenvalue weighted by molar-refractivity contribution is 5.83. The van der Waals surface area contributed by atoms with Crippen LogP contribution in [0, 0.1) is 0 Å². The van der Waals surface area contributed by atoms with E-state index in [1.54, 1.807) is 6.07 Å². The summed E-state index contributed by atoms with van der Waals surface area (Å²) in [7, 11) is 1.91. The van der Waals surface area contributed by atoms with Gasteiger partial charge in [0.2, 0.25) is 0 Å². The zero-order chi connectivity index (χ0) is 11.1. The topological polar surface area (TPSA) is 69.9 Å². The standard InChI is InChI=1S/C11H10N4O/c1-15-9-3-2-7(4-8(9)6-13-15)10-5-11(12)14-16-10/h2-6H,1H3,(H2,12,14). The van der Waals surface area contributed by atoms with E-state index in [0.717, 1.165) is 16.5 Å². The van der Waals surface area contributed by atoms with Crippen molar-refractivity contribution in [1.82, 2.24) is 14.9 Å². The van der Waals surface area contributed by atoms with Gasteiger partial charge in [-0.1, -0.05) is 5.16 Å². The number of anilines is 1. The molecule has 2 heterocycles. The van der Waals surface area contributed by atoms with E-state index in [9.17, 15) is 0 Å². The van der Waals surface area contributed by atoms with Crippen molar-refractivity contribution in [3.63, 3.8) is 0 Å². The van der Waals surface area contributed by atoms with Gasteiger partial charge in [0.05, 0.1) is 11.7 Å². The minimum absolute atomic E-state index is 0.390. The highest BCUT2D eigenvalue weighted by atomic mass is 16.5. The lowest BCUT2D eigenvalue weighted by atomic mass is 10.1. The van der Waals surface area contributed by atoms with Crippen molar-refractivity contribution in [3.8, 4) is 11.3 Å². The van der Waals surface area contributed by atoms with Gasteiger partial charge in [-0.3, -0.25) is 4.68 Å². The van der Waals surface area contributed by atoms with Crippen LogP contribution in [0.4, 0.5) is 5.82 Å². The number of benzene rings is 1. The van der Waals surface area contributed by atoms with E-state index in [1.165, 1.54) is 0 Å². The fourth-order valence-electron chi connectivity index (χ4n) is 1.74. The minimum atomic E-state index is 0.390. The van der Waals surface area contributed by atoms with E-state index in [2.05, 4.69) is 10.3 Å². The van der Waals surface area contributed by atoms with E-state index in [0.29, 0.717) is 11.6 Å². The van der Waals surface area contributed by atoms with Gasteiger partial charge >= 0.3 is 0 Å². The van der Waals surface area contributed by atoms with Crippen molar-refractivity contribution in [3.05, 3.63) is 30.5 Å². The number of aromatic nitrogens is 3. The van der Waals surface area contributed by atoms with Gasteiger partial charge in [0.15, 0.2) is 11.6 Å². The average molecular weight is 214 g/mol. The number of rotatable bonds is 1. The van der Waals surface area contributed by atoms with Gasteiger partial charge in [0, 0.05) is 24.1 Å². The Labute approximate surface area is 91.4 Å². The van der Waals surface area contributed by atoms with Crippen LogP contribution in [0.1, 0.15) is 0 Å². The third kappa shape index (κ3) is 1.25. The molecule has 16 heavy (non-hydrogen) atoms. The van der Waals surface area contributed by atoms with Gasteiger partial charge in [0.1, 0.15) is 0 Å². The maximum atomic E-state index is 5.51. The lowest BCUT2D eigenvalue weighted by molar-refractivity contribution is 0.436. The molecule has 0 radical (unpaired) electrons. The molecule has 1 aromatic carbocycles. The van der Waals surface area contributed by atoms with Crippen LogP contribution in [0.5, 0.6) is 0 Å². The number of hydrogen-bond acceptors (Lipinski definition) is 4. The third-order valence-electron chi connectivity index (χ3n) is 2.56. The van der Waals surface area contributed by atoms with Crippen molar-refractivity contribution >= 4 is 16.7 Å². The molecule has 0 bridgehead atoms. The van der Waals surface area contributed by atoms with Gasteiger partial charge in [-0.25, -0.2) is 0 Å². The summed E-state index contributed by atoms with van der Waals surface area (Å²) in [6.07, 6.45) is 1.82. The van der Waals surface area contributed by atoms with Crippen LogP contribution in [-0.2, 0) is 7.05 Å². The molecule has 0 saturated carbocycles. The van der Waals surface area contributed by atoms with Gasteiger partial charge in [-0.05, 0) is 18.2 Å². The first-order valence-electron chi connectivity index (χ1n) is 4.88. The Bertz CT molecular complexity index is 653.